The quantitative estimate of drug-likeness (QED) is 0.669. The Morgan fingerprint density at radius 1 is 1.32 bits per heavy atom. The number of hydrogen-bond donors (Lipinski definition) is 2. The fourth-order valence-corrected chi connectivity index (χ4v) is 3.23. The zero-order chi connectivity index (χ0) is 13.5. The minimum absolute atomic E-state index is 0.855. The van der Waals surface area contributed by atoms with Gasteiger partial charge in [-0.2, -0.15) is 0 Å². The molecule has 0 amide bonds. The summed E-state index contributed by atoms with van der Waals surface area (Å²) in [6, 6.07) is 10.6. The number of rotatable bonds is 9. The van der Waals surface area contributed by atoms with Crippen LogP contribution in [0.25, 0.3) is 0 Å². The van der Waals surface area contributed by atoms with Gasteiger partial charge in [0.15, 0.2) is 0 Å². The lowest BCUT2D eigenvalue weighted by molar-refractivity contribution is 0.391. The number of hydrogen-bond acceptors (Lipinski definition) is 2. The highest BCUT2D eigenvalue weighted by Gasteiger charge is 2.40. The molecule has 3 N–H and O–H groups in total. The van der Waals surface area contributed by atoms with E-state index < -0.39 is 0 Å². The fraction of sp³-hybridized carbons (Fsp3) is 0.647. The van der Waals surface area contributed by atoms with Crippen LogP contribution >= 0.6 is 0 Å². The van der Waals surface area contributed by atoms with Crippen LogP contribution in [0.1, 0.15) is 38.2 Å². The monoisotopic (exact) mass is 260 g/mol. The fourth-order valence-electron chi connectivity index (χ4n) is 3.23. The predicted molar refractivity (Wildman–Crippen MR) is 81.8 cm³/mol. The van der Waals surface area contributed by atoms with Crippen LogP contribution in [0.15, 0.2) is 30.3 Å². The molecule has 1 fully saturated rings. The van der Waals surface area contributed by atoms with E-state index in [-0.39, 0.29) is 0 Å². The maximum Gasteiger partial charge on any atom is 0.0205 e. The molecule has 0 aromatic heterocycles. The third-order valence-electron chi connectivity index (χ3n) is 4.51. The summed E-state index contributed by atoms with van der Waals surface area (Å²) in [6.45, 7) is 5.31. The van der Waals surface area contributed by atoms with E-state index in [4.69, 9.17) is 5.73 Å². The summed E-state index contributed by atoms with van der Waals surface area (Å²) in [7, 11) is 0. The largest absolute Gasteiger partial charge is 0.330 e. The topological polar surface area (TPSA) is 38.0 Å². The summed E-state index contributed by atoms with van der Waals surface area (Å²) in [5, 5.41) is 3.56. The van der Waals surface area contributed by atoms with Crippen LogP contribution in [0.4, 0.5) is 0 Å². The van der Waals surface area contributed by atoms with Crippen LogP contribution in [0, 0.1) is 17.8 Å². The summed E-state index contributed by atoms with van der Waals surface area (Å²) >= 11 is 0. The standard InChI is InChI=1S/C17H28N2/c1-2-15(8-10-18)17-12-16(17)9-11-19-13-14-6-4-3-5-7-14/h3-7,15-17,19H,2,8-13,18H2,1H3. The number of benzene rings is 1. The van der Waals surface area contributed by atoms with Gasteiger partial charge < -0.3 is 11.1 Å². The molecule has 3 atom stereocenters. The second kappa shape index (κ2) is 7.66. The summed E-state index contributed by atoms with van der Waals surface area (Å²) in [5.74, 6) is 2.80. The van der Waals surface area contributed by atoms with Crippen LogP contribution < -0.4 is 11.1 Å². The van der Waals surface area contributed by atoms with Crippen LogP contribution in [0.5, 0.6) is 0 Å². The van der Waals surface area contributed by atoms with E-state index in [9.17, 15) is 0 Å². The Hall–Kier alpha value is -0.860. The van der Waals surface area contributed by atoms with Crippen LogP contribution in [0.2, 0.25) is 0 Å². The first-order chi connectivity index (χ1) is 9.35. The van der Waals surface area contributed by atoms with Gasteiger partial charge in [-0.05, 0) is 55.7 Å². The Kier molecular flexibility index (Phi) is 5.87. The minimum Gasteiger partial charge on any atom is -0.330 e. The van der Waals surface area contributed by atoms with Crippen molar-refractivity contribution in [3.05, 3.63) is 35.9 Å². The summed E-state index contributed by atoms with van der Waals surface area (Å²) in [5.41, 5.74) is 7.07. The lowest BCUT2D eigenvalue weighted by Crippen LogP contribution is -2.16. The molecule has 0 aliphatic heterocycles. The van der Waals surface area contributed by atoms with Gasteiger partial charge in [0.05, 0.1) is 0 Å². The van der Waals surface area contributed by atoms with Gasteiger partial charge in [0, 0.05) is 6.54 Å². The van der Waals surface area contributed by atoms with Gasteiger partial charge in [-0.3, -0.25) is 0 Å². The minimum atomic E-state index is 0.855. The van der Waals surface area contributed by atoms with Gasteiger partial charge in [-0.1, -0.05) is 43.7 Å². The molecular formula is C17H28N2. The first kappa shape index (κ1) is 14.5. The Bertz CT molecular complexity index is 350. The molecule has 2 rings (SSSR count). The molecule has 0 saturated heterocycles. The Labute approximate surface area is 117 Å². The average Bonchev–Trinajstić information content (AvgIpc) is 3.21. The van der Waals surface area contributed by atoms with Crippen molar-refractivity contribution in [1.29, 1.82) is 0 Å². The normalized spacial score (nSPS) is 23.3. The van der Waals surface area contributed by atoms with E-state index in [1.165, 1.54) is 31.2 Å². The van der Waals surface area contributed by atoms with E-state index in [1.54, 1.807) is 0 Å². The van der Waals surface area contributed by atoms with Gasteiger partial charge >= 0.3 is 0 Å². The molecule has 2 heteroatoms. The zero-order valence-corrected chi connectivity index (χ0v) is 12.1. The first-order valence-electron chi connectivity index (χ1n) is 7.79. The van der Waals surface area contributed by atoms with E-state index >= 15 is 0 Å². The van der Waals surface area contributed by atoms with Crippen molar-refractivity contribution in [2.24, 2.45) is 23.5 Å². The lowest BCUT2D eigenvalue weighted by atomic mass is 9.95. The molecule has 3 unspecified atom stereocenters. The molecule has 106 valence electrons. The second-order valence-corrected chi connectivity index (χ2v) is 5.86. The van der Waals surface area contributed by atoms with Gasteiger partial charge in [-0.25, -0.2) is 0 Å². The third kappa shape index (κ3) is 4.63. The molecule has 2 nitrogen and oxygen atoms in total. The van der Waals surface area contributed by atoms with Crippen molar-refractivity contribution in [2.75, 3.05) is 13.1 Å². The van der Waals surface area contributed by atoms with Crippen LogP contribution in [0.3, 0.4) is 0 Å². The van der Waals surface area contributed by atoms with E-state index in [0.29, 0.717) is 0 Å². The average molecular weight is 260 g/mol. The van der Waals surface area contributed by atoms with Crippen molar-refractivity contribution in [2.45, 2.75) is 39.2 Å². The van der Waals surface area contributed by atoms with Gasteiger partial charge in [-0.15, -0.1) is 0 Å². The SMILES string of the molecule is CCC(CCN)C1CC1CCNCc1ccccc1. The maximum atomic E-state index is 5.69. The van der Waals surface area contributed by atoms with Crippen molar-refractivity contribution < 1.29 is 0 Å². The summed E-state index contributed by atoms with van der Waals surface area (Å²) < 4.78 is 0. The third-order valence-corrected chi connectivity index (χ3v) is 4.51. The molecule has 1 aromatic rings. The van der Waals surface area contributed by atoms with E-state index in [2.05, 4.69) is 42.6 Å². The maximum absolute atomic E-state index is 5.69. The highest BCUT2D eigenvalue weighted by molar-refractivity contribution is 5.14. The van der Waals surface area contributed by atoms with Crippen molar-refractivity contribution >= 4 is 0 Å². The second-order valence-electron chi connectivity index (χ2n) is 5.86. The number of nitrogens with two attached hydrogens (primary N) is 1. The molecule has 0 spiro atoms. The van der Waals surface area contributed by atoms with Crippen molar-refractivity contribution in [3.8, 4) is 0 Å². The first-order valence-corrected chi connectivity index (χ1v) is 7.79. The van der Waals surface area contributed by atoms with Gasteiger partial charge in [0.2, 0.25) is 0 Å². The van der Waals surface area contributed by atoms with Gasteiger partial charge in [0.1, 0.15) is 0 Å². The lowest BCUT2D eigenvalue weighted by Gasteiger charge is -2.13. The molecule has 1 aliphatic carbocycles. The Morgan fingerprint density at radius 3 is 2.79 bits per heavy atom. The molecule has 1 saturated carbocycles. The van der Waals surface area contributed by atoms with Crippen LogP contribution in [-0.4, -0.2) is 13.1 Å². The molecule has 1 aromatic carbocycles. The molecule has 0 heterocycles. The molecule has 1 aliphatic rings. The van der Waals surface area contributed by atoms with Crippen molar-refractivity contribution in [1.82, 2.24) is 5.32 Å². The molecule has 19 heavy (non-hydrogen) atoms. The summed E-state index contributed by atoms with van der Waals surface area (Å²) in [6.07, 6.45) is 5.29. The predicted octanol–water partition coefficient (Wildman–Crippen LogP) is 3.18. The Balaban J connectivity index is 1.58. The van der Waals surface area contributed by atoms with E-state index in [0.717, 1.165) is 37.4 Å². The molecule has 0 bridgehead atoms. The highest BCUT2D eigenvalue weighted by atomic mass is 14.8. The summed E-state index contributed by atoms with van der Waals surface area (Å²) in [4.78, 5) is 0. The van der Waals surface area contributed by atoms with E-state index in [1.807, 2.05) is 0 Å². The zero-order valence-electron chi connectivity index (χ0n) is 12.1. The molecule has 0 radical (unpaired) electrons. The Morgan fingerprint density at radius 2 is 2.11 bits per heavy atom. The van der Waals surface area contributed by atoms with Crippen molar-refractivity contribution in [3.63, 3.8) is 0 Å². The van der Waals surface area contributed by atoms with Crippen LogP contribution in [-0.2, 0) is 6.54 Å². The highest BCUT2D eigenvalue weighted by Crippen LogP contribution is 2.48. The van der Waals surface area contributed by atoms with Gasteiger partial charge in [0.25, 0.3) is 0 Å². The molecular weight excluding hydrogens is 232 g/mol. The smallest absolute Gasteiger partial charge is 0.0205 e. The number of nitrogens with one attached hydrogen (secondary N) is 1.